The molecule has 1 aromatic carbocycles. The molecule has 7 nitrogen and oxygen atoms in total. The van der Waals surface area contributed by atoms with Crippen molar-refractivity contribution in [1.82, 2.24) is 15.1 Å². The molecular weight excluding hydrogens is 344 g/mol. The van der Waals surface area contributed by atoms with Gasteiger partial charge in [-0.3, -0.25) is 14.8 Å². The number of ether oxygens (including phenoxy) is 1. The van der Waals surface area contributed by atoms with Crippen LogP contribution in [0, 0.1) is 5.92 Å². The van der Waals surface area contributed by atoms with Gasteiger partial charge in [0, 0.05) is 6.07 Å². The molecule has 2 aromatic rings. The number of carbonyl (C=O) groups is 2. The van der Waals surface area contributed by atoms with Crippen LogP contribution in [0.15, 0.2) is 36.4 Å². The number of hydrogen-bond acceptors (Lipinski definition) is 5. The Bertz CT molecular complexity index is 752. The van der Waals surface area contributed by atoms with Gasteiger partial charge in [0.15, 0.2) is 5.82 Å². The molecule has 27 heavy (non-hydrogen) atoms. The highest BCUT2D eigenvalue weighted by Gasteiger charge is 2.21. The van der Waals surface area contributed by atoms with Gasteiger partial charge in [-0.05, 0) is 50.8 Å². The highest BCUT2D eigenvalue weighted by atomic mass is 16.5. The van der Waals surface area contributed by atoms with Crippen LogP contribution in [0.25, 0.3) is 0 Å². The Morgan fingerprint density at radius 3 is 2.70 bits per heavy atom. The lowest BCUT2D eigenvalue weighted by molar-refractivity contribution is -0.117. The predicted octanol–water partition coefficient (Wildman–Crippen LogP) is 2.48. The van der Waals surface area contributed by atoms with Gasteiger partial charge in [0.05, 0.1) is 13.2 Å². The Morgan fingerprint density at radius 2 is 2.00 bits per heavy atom. The van der Waals surface area contributed by atoms with E-state index in [9.17, 15) is 9.59 Å². The third kappa shape index (κ3) is 5.65. The van der Waals surface area contributed by atoms with Gasteiger partial charge >= 0.3 is 5.97 Å². The van der Waals surface area contributed by atoms with E-state index in [-0.39, 0.29) is 11.6 Å². The van der Waals surface area contributed by atoms with Crippen LogP contribution in [0.3, 0.4) is 0 Å². The number of piperidine rings is 1. The molecule has 1 aliphatic heterocycles. The van der Waals surface area contributed by atoms with Crippen molar-refractivity contribution in [2.24, 2.45) is 5.92 Å². The standard InChI is InChI=1S/C20H26N4O3/c1-2-27-20(26)17-13-18(23-22-17)21-19(25)14-24-10-8-16(9-11-24)12-15-6-4-3-5-7-15/h3-7,13,16H,2,8-12,14H2,1H3,(H2,21,22,23,25). The zero-order valence-corrected chi connectivity index (χ0v) is 15.6. The van der Waals surface area contributed by atoms with Crippen molar-refractivity contribution in [2.45, 2.75) is 26.2 Å². The molecular formula is C20H26N4O3. The molecule has 1 amide bonds. The number of amides is 1. The predicted molar refractivity (Wildman–Crippen MR) is 102 cm³/mol. The molecule has 3 rings (SSSR count). The van der Waals surface area contributed by atoms with Crippen LogP contribution in [-0.4, -0.2) is 53.2 Å². The fourth-order valence-corrected chi connectivity index (χ4v) is 3.38. The lowest BCUT2D eigenvalue weighted by Crippen LogP contribution is -2.39. The third-order valence-electron chi connectivity index (χ3n) is 4.78. The van der Waals surface area contributed by atoms with Crippen molar-refractivity contribution >= 4 is 17.7 Å². The van der Waals surface area contributed by atoms with Crippen LogP contribution in [0.4, 0.5) is 5.82 Å². The number of aromatic amines is 1. The normalized spacial score (nSPS) is 15.4. The van der Waals surface area contributed by atoms with E-state index >= 15 is 0 Å². The first-order valence-corrected chi connectivity index (χ1v) is 9.42. The van der Waals surface area contributed by atoms with Gasteiger partial charge in [-0.2, -0.15) is 5.10 Å². The number of rotatable bonds is 7. The largest absolute Gasteiger partial charge is 0.461 e. The molecule has 1 fully saturated rings. The van der Waals surface area contributed by atoms with E-state index < -0.39 is 5.97 Å². The smallest absolute Gasteiger partial charge is 0.356 e. The van der Waals surface area contributed by atoms with E-state index in [0.717, 1.165) is 32.4 Å². The Morgan fingerprint density at radius 1 is 1.26 bits per heavy atom. The minimum atomic E-state index is -0.481. The Labute approximate surface area is 159 Å². The van der Waals surface area contributed by atoms with Crippen LogP contribution in [-0.2, 0) is 16.0 Å². The van der Waals surface area contributed by atoms with Crippen LogP contribution < -0.4 is 5.32 Å². The number of anilines is 1. The van der Waals surface area contributed by atoms with Gasteiger partial charge in [0.25, 0.3) is 0 Å². The number of benzene rings is 1. The lowest BCUT2D eigenvalue weighted by atomic mass is 9.90. The number of nitrogens with zero attached hydrogens (tertiary/aromatic N) is 2. The topological polar surface area (TPSA) is 87.3 Å². The summed E-state index contributed by atoms with van der Waals surface area (Å²) in [6.07, 6.45) is 3.29. The van der Waals surface area contributed by atoms with E-state index in [1.165, 1.54) is 11.6 Å². The molecule has 144 valence electrons. The van der Waals surface area contributed by atoms with E-state index in [1.807, 2.05) is 6.07 Å². The molecule has 0 atom stereocenters. The molecule has 2 N–H and O–H groups in total. The number of esters is 1. The number of H-pyrrole nitrogens is 1. The average molecular weight is 370 g/mol. The Kier molecular flexibility index (Phi) is 6.59. The van der Waals surface area contributed by atoms with Crippen molar-refractivity contribution in [1.29, 1.82) is 0 Å². The summed E-state index contributed by atoms with van der Waals surface area (Å²) in [5.41, 5.74) is 1.61. The summed E-state index contributed by atoms with van der Waals surface area (Å²) >= 11 is 0. The maximum atomic E-state index is 12.2. The van der Waals surface area contributed by atoms with Crippen molar-refractivity contribution < 1.29 is 14.3 Å². The van der Waals surface area contributed by atoms with Crippen LogP contribution in [0.2, 0.25) is 0 Å². The summed E-state index contributed by atoms with van der Waals surface area (Å²) in [5, 5.41) is 9.24. The van der Waals surface area contributed by atoms with E-state index in [1.54, 1.807) is 6.92 Å². The average Bonchev–Trinajstić information content (AvgIpc) is 3.13. The zero-order valence-electron chi connectivity index (χ0n) is 15.6. The first kappa shape index (κ1) is 19.1. The van der Waals surface area contributed by atoms with Crippen LogP contribution in [0.5, 0.6) is 0 Å². The second kappa shape index (κ2) is 9.32. The Hall–Kier alpha value is -2.67. The third-order valence-corrected chi connectivity index (χ3v) is 4.78. The van der Waals surface area contributed by atoms with Gasteiger partial charge in [-0.1, -0.05) is 30.3 Å². The number of nitrogens with one attached hydrogen (secondary N) is 2. The monoisotopic (exact) mass is 370 g/mol. The highest BCUT2D eigenvalue weighted by Crippen LogP contribution is 2.21. The number of hydrogen-bond donors (Lipinski definition) is 2. The maximum Gasteiger partial charge on any atom is 0.356 e. The summed E-state index contributed by atoms with van der Waals surface area (Å²) in [4.78, 5) is 26.0. The zero-order chi connectivity index (χ0) is 19.1. The lowest BCUT2D eigenvalue weighted by Gasteiger charge is -2.31. The van der Waals surface area contributed by atoms with Crippen molar-refractivity contribution in [3.8, 4) is 0 Å². The first-order chi connectivity index (χ1) is 13.1. The van der Waals surface area contributed by atoms with Gasteiger partial charge in [0.1, 0.15) is 5.69 Å². The minimum absolute atomic E-state index is 0.126. The summed E-state index contributed by atoms with van der Waals surface area (Å²) in [6, 6.07) is 12.0. The fourth-order valence-electron chi connectivity index (χ4n) is 3.38. The Balaban J connectivity index is 1.41. The molecule has 0 radical (unpaired) electrons. The van der Waals surface area contributed by atoms with Crippen molar-refractivity contribution in [3.05, 3.63) is 47.7 Å². The first-order valence-electron chi connectivity index (χ1n) is 9.42. The number of aromatic nitrogens is 2. The number of carbonyl (C=O) groups excluding carboxylic acids is 2. The maximum absolute atomic E-state index is 12.2. The second-order valence-corrected chi connectivity index (χ2v) is 6.84. The number of likely N-dealkylation sites (tertiary alicyclic amines) is 1. The SMILES string of the molecule is CCOC(=O)c1cc(NC(=O)CN2CCC(Cc3ccccc3)CC2)n[nH]1. The molecule has 1 aromatic heterocycles. The van der Waals surface area contributed by atoms with Crippen molar-refractivity contribution in [2.75, 3.05) is 31.6 Å². The molecule has 1 saturated heterocycles. The van der Waals surface area contributed by atoms with Crippen molar-refractivity contribution in [3.63, 3.8) is 0 Å². The second-order valence-electron chi connectivity index (χ2n) is 6.84. The van der Waals surface area contributed by atoms with Crippen LogP contribution >= 0.6 is 0 Å². The van der Waals surface area contributed by atoms with Gasteiger partial charge in [-0.15, -0.1) is 0 Å². The summed E-state index contributed by atoms with van der Waals surface area (Å²) in [7, 11) is 0. The molecule has 0 spiro atoms. The summed E-state index contributed by atoms with van der Waals surface area (Å²) in [5.74, 6) is 0.400. The molecule has 0 bridgehead atoms. The van der Waals surface area contributed by atoms with Gasteiger partial charge in [-0.25, -0.2) is 4.79 Å². The highest BCUT2D eigenvalue weighted by molar-refractivity contribution is 5.93. The quantitative estimate of drug-likeness (QED) is 0.731. The van der Waals surface area contributed by atoms with Crippen LogP contribution in [0.1, 0.15) is 35.8 Å². The van der Waals surface area contributed by atoms with E-state index in [2.05, 4.69) is 44.7 Å². The minimum Gasteiger partial charge on any atom is -0.461 e. The molecule has 0 saturated carbocycles. The van der Waals surface area contributed by atoms with Gasteiger partial charge in [0.2, 0.25) is 5.91 Å². The molecule has 0 aliphatic carbocycles. The summed E-state index contributed by atoms with van der Waals surface area (Å²) in [6.45, 7) is 4.19. The fraction of sp³-hybridized carbons (Fsp3) is 0.450. The molecule has 1 aliphatic rings. The van der Waals surface area contributed by atoms with Gasteiger partial charge < -0.3 is 10.1 Å². The van der Waals surface area contributed by atoms with E-state index in [0.29, 0.717) is 24.9 Å². The summed E-state index contributed by atoms with van der Waals surface area (Å²) < 4.78 is 4.89. The van der Waals surface area contributed by atoms with E-state index in [4.69, 9.17) is 4.74 Å². The molecule has 7 heteroatoms. The molecule has 0 unspecified atom stereocenters. The molecule has 2 heterocycles.